The molecule has 0 aliphatic rings. The van der Waals surface area contributed by atoms with Crippen molar-refractivity contribution in [2.75, 3.05) is 11.3 Å². The molecule has 24 heavy (non-hydrogen) atoms. The molecule has 0 radical (unpaired) electrons. The van der Waals surface area contributed by atoms with Gasteiger partial charge in [-0.1, -0.05) is 43.3 Å². The van der Waals surface area contributed by atoms with Gasteiger partial charge >= 0.3 is 0 Å². The summed E-state index contributed by atoms with van der Waals surface area (Å²) in [5.74, 6) is 1.40. The third-order valence-corrected chi connectivity index (χ3v) is 4.59. The summed E-state index contributed by atoms with van der Waals surface area (Å²) >= 11 is 0. The first-order chi connectivity index (χ1) is 11.6. The maximum Gasteiger partial charge on any atom is 0.299 e. The van der Waals surface area contributed by atoms with Gasteiger partial charge in [-0.05, 0) is 35.7 Å². The van der Waals surface area contributed by atoms with E-state index >= 15 is 0 Å². The van der Waals surface area contributed by atoms with E-state index in [1.807, 2.05) is 42.5 Å². The lowest BCUT2D eigenvalue weighted by Gasteiger charge is -2.11. The second-order valence-electron chi connectivity index (χ2n) is 5.21. The van der Waals surface area contributed by atoms with E-state index in [4.69, 9.17) is 4.74 Å². The number of hydrogen-bond donors (Lipinski definition) is 2. The Kier molecular flexibility index (Phi) is 4.69. The van der Waals surface area contributed by atoms with Crippen LogP contribution in [0.1, 0.15) is 6.92 Å². The van der Waals surface area contributed by atoms with Crippen molar-refractivity contribution in [3.63, 3.8) is 0 Å². The van der Waals surface area contributed by atoms with E-state index in [9.17, 15) is 8.42 Å². The van der Waals surface area contributed by atoms with Crippen LogP contribution in [-0.4, -0.2) is 15.0 Å². The van der Waals surface area contributed by atoms with Crippen LogP contribution in [-0.2, 0) is 10.2 Å². The lowest BCUT2D eigenvalue weighted by atomic mass is 10.1. The molecule has 3 rings (SSSR count). The molecule has 0 bridgehead atoms. The number of nitrogens with one attached hydrogen (secondary N) is 2. The second kappa shape index (κ2) is 6.90. The minimum atomic E-state index is -3.53. The summed E-state index contributed by atoms with van der Waals surface area (Å²) in [7, 11) is -3.53. The first kappa shape index (κ1) is 16.3. The highest BCUT2D eigenvalue weighted by atomic mass is 32.2. The Morgan fingerprint density at radius 3 is 2.38 bits per heavy atom. The fourth-order valence-corrected chi connectivity index (χ4v) is 3.28. The first-order valence-corrected chi connectivity index (χ1v) is 9.09. The van der Waals surface area contributed by atoms with Crippen molar-refractivity contribution < 1.29 is 13.2 Å². The standard InChI is InChI=1S/C18H18N2O3S/c1-2-19-24(21,22)20-15-10-12-16(13-11-15)23-18-9-5-7-14-6-3-4-8-17(14)18/h3-13,19-20H,2H2,1H3. The highest BCUT2D eigenvalue weighted by Crippen LogP contribution is 2.30. The molecule has 0 unspecified atom stereocenters. The molecule has 0 atom stereocenters. The van der Waals surface area contributed by atoms with Crippen molar-refractivity contribution in [3.05, 3.63) is 66.7 Å². The topological polar surface area (TPSA) is 67.4 Å². The normalized spacial score (nSPS) is 11.4. The zero-order valence-electron chi connectivity index (χ0n) is 13.2. The number of ether oxygens (including phenoxy) is 1. The van der Waals surface area contributed by atoms with Gasteiger partial charge in [0.15, 0.2) is 0 Å². The maximum absolute atomic E-state index is 11.7. The van der Waals surface area contributed by atoms with Crippen molar-refractivity contribution >= 4 is 26.7 Å². The van der Waals surface area contributed by atoms with E-state index in [1.165, 1.54) is 0 Å². The average Bonchev–Trinajstić information content (AvgIpc) is 2.57. The number of rotatable bonds is 6. The molecule has 0 saturated carbocycles. The summed E-state index contributed by atoms with van der Waals surface area (Å²) in [4.78, 5) is 0. The van der Waals surface area contributed by atoms with Gasteiger partial charge in [-0.2, -0.15) is 13.1 Å². The van der Waals surface area contributed by atoms with Crippen LogP contribution in [0.2, 0.25) is 0 Å². The van der Waals surface area contributed by atoms with Crippen molar-refractivity contribution in [2.24, 2.45) is 0 Å². The molecule has 5 nitrogen and oxygen atoms in total. The average molecular weight is 342 g/mol. The molecule has 6 heteroatoms. The molecule has 0 aromatic heterocycles. The molecule has 2 N–H and O–H groups in total. The Bertz CT molecular complexity index is 933. The Balaban J connectivity index is 1.79. The van der Waals surface area contributed by atoms with E-state index in [2.05, 4.69) is 9.44 Å². The molecule has 3 aromatic carbocycles. The number of benzene rings is 3. The van der Waals surface area contributed by atoms with Gasteiger partial charge in [0, 0.05) is 11.9 Å². The smallest absolute Gasteiger partial charge is 0.299 e. The van der Waals surface area contributed by atoms with Gasteiger partial charge in [-0.25, -0.2) is 0 Å². The van der Waals surface area contributed by atoms with Gasteiger partial charge in [-0.15, -0.1) is 0 Å². The van der Waals surface area contributed by atoms with Gasteiger partial charge in [0.1, 0.15) is 11.5 Å². The lowest BCUT2D eigenvalue weighted by Crippen LogP contribution is -2.29. The predicted octanol–water partition coefficient (Wildman–Crippen LogP) is 3.90. The number of hydrogen-bond acceptors (Lipinski definition) is 3. The van der Waals surface area contributed by atoms with E-state index in [1.54, 1.807) is 31.2 Å². The van der Waals surface area contributed by atoms with E-state index in [0.717, 1.165) is 16.5 Å². The van der Waals surface area contributed by atoms with Crippen LogP contribution in [0.15, 0.2) is 66.7 Å². The van der Waals surface area contributed by atoms with E-state index in [0.29, 0.717) is 18.0 Å². The maximum atomic E-state index is 11.7. The van der Waals surface area contributed by atoms with Gasteiger partial charge < -0.3 is 4.74 Å². The van der Waals surface area contributed by atoms with Crippen LogP contribution < -0.4 is 14.2 Å². The van der Waals surface area contributed by atoms with Crippen molar-refractivity contribution in [1.29, 1.82) is 0 Å². The molecule has 0 saturated heterocycles. The summed E-state index contributed by atoms with van der Waals surface area (Å²) < 4.78 is 34.1. The summed E-state index contributed by atoms with van der Waals surface area (Å²) in [5, 5.41) is 2.13. The highest BCUT2D eigenvalue weighted by molar-refractivity contribution is 7.90. The Hall–Kier alpha value is -2.57. The zero-order chi connectivity index (χ0) is 17.0. The molecule has 0 aliphatic heterocycles. The minimum absolute atomic E-state index is 0.331. The molecular formula is C18H18N2O3S. The molecule has 0 amide bonds. The molecular weight excluding hydrogens is 324 g/mol. The Morgan fingerprint density at radius 2 is 1.62 bits per heavy atom. The zero-order valence-corrected chi connectivity index (χ0v) is 14.0. The minimum Gasteiger partial charge on any atom is -0.457 e. The van der Waals surface area contributed by atoms with Crippen molar-refractivity contribution in [3.8, 4) is 11.5 Å². The van der Waals surface area contributed by atoms with E-state index < -0.39 is 10.2 Å². The highest BCUT2D eigenvalue weighted by Gasteiger charge is 2.08. The third-order valence-electron chi connectivity index (χ3n) is 3.42. The van der Waals surface area contributed by atoms with Crippen LogP contribution in [0, 0.1) is 0 Å². The Labute approximate surface area is 141 Å². The lowest BCUT2D eigenvalue weighted by molar-refractivity contribution is 0.488. The van der Waals surface area contributed by atoms with Crippen LogP contribution in [0.25, 0.3) is 10.8 Å². The van der Waals surface area contributed by atoms with Gasteiger partial charge in [-0.3, -0.25) is 4.72 Å². The van der Waals surface area contributed by atoms with Crippen molar-refractivity contribution in [1.82, 2.24) is 4.72 Å². The quantitative estimate of drug-likeness (QED) is 0.714. The Morgan fingerprint density at radius 1 is 0.917 bits per heavy atom. The number of fused-ring (bicyclic) bond motifs is 1. The molecule has 124 valence electrons. The summed E-state index contributed by atoms with van der Waals surface area (Å²) in [6.07, 6.45) is 0. The molecule has 3 aromatic rings. The molecule has 0 fully saturated rings. The van der Waals surface area contributed by atoms with Crippen LogP contribution >= 0.6 is 0 Å². The first-order valence-electron chi connectivity index (χ1n) is 7.60. The fraction of sp³-hybridized carbons (Fsp3) is 0.111. The summed E-state index contributed by atoms with van der Waals surface area (Å²) in [6, 6.07) is 20.6. The molecule has 0 spiro atoms. The molecule has 0 aliphatic carbocycles. The summed E-state index contributed by atoms with van der Waals surface area (Å²) in [6.45, 7) is 2.05. The van der Waals surface area contributed by atoms with Gasteiger partial charge in [0.2, 0.25) is 0 Å². The van der Waals surface area contributed by atoms with Gasteiger partial charge in [0.05, 0.1) is 5.69 Å². The number of anilines is 1. The van der Waals surface area contributed by atoms with E-state index in [-0.39, 0.29) is 0 Å². The molecule has 0 heterocycles. The summed E-state index contributed by atoms with van der Waals surface area (Å²) in [5.41, 5.74) is 0.473. The SMILES string of the molecule is CCNS(=O)(=O)Nc1ccc(Oc2cccc3ccccc23)cc1. The predicted molar refractivity (Wildman–Crippen MR) is 96.7 cm³/mol. The van der Waals surface area contributed by atoms with Crippen LogP contribution in [0.3, 0.4) is 0 Å². The van der Waals surface area contributed by atoms with Crippen molar-refractivity contribution in [2.45, 2.75) is 6.92 Å². The fourth-order valence-electron chi connectivity index (χ4n) is 2.38. The van der Waals surface area contributed by atoms with Crippen LogP contribution in [0.4, 0.5) is 5.69 Å². The van der Waals surface area contributed by atoms with Gasteiger partial charge in [0.25, 0.3) is 10.2 Å². The van der Waals surface area contributed by atoms with Crippen LogP contribution in [0.5, 0.6) is 11.5 Å². The second-order valence-corrected chi connectivity index (χ2v) is 6.71. The monoisotopic (exact) mass is 342 g/mol. The largest absolute Gasteiger partial charge is 0.457 e. The third kappa shape index (κ3) is 3.84.